The highest BCUT2D eigenvalue weighted by molar-refractivity contribution is 6.30. The molecule has 6 heteroatoms. The number of aromatic nitrogens is 1. The molecule has 4 rings (SSSR count). The number of nitrogens with one attached hydrogen (secondary N) is 2. The van der Waals surface area contributed by atoms with Gasteiger partial charge in [-0.05, 0) is 86.1 Å². The maximum atomic E-state index is 13.7. The smallest absolute Gasteiger partial charge is 0.315 e. The van der Waals surface area contributed by atoms with E-state index >= 15 is 0 Å². The van der Waals surface area contributed by atoms with Crippen molar-refractivity contribution < 1.29 is 9.18 Å². The molecule has 0 radical (unpaired) electrons. The lowest BCUT2D eigenvalue weighted by molar-refractivity contribution is 0.228. The normalized spacial score (nSPS) is 20.0. The summed E-state index contributed by atoms with van der Waals surface area (Å²) in [4.78, 5) is 16.8. The number of hydrogen-bond donors (Lipinski definition) is 2. The van der Waals surface area contributed by atoms with E-state index in [1.165, 1.54) is 6.07 Å². The Labute approximate surface area is 180 Å². The minimum Gasteiger partial charge on any atom is -0.335 e. The van der Waals surface area contributed by atoms with E-state index in [4.69, 9.17) is 11.6 Å². The van der Waals surface area contributed by atoms with Crippen molar-refractivity contribution in [3.63, 3.8) is 0 Å². The highest BCUT2D eigenvalue weighted by atomic mass is 35.5. The van der Waals surface area contributed by atoms with Crippen LogP contribution in [0.3, 0.4) is 0 Å². The van der Waals surface area contributed by atoms with Crippen molar-refractivity contribution in [3.05, 3.63) is 76.7 Å². The Hall–Kier alpha value is -2.66. The van der Waals surface area contributed by atoms with Crippen molar-refractivity contribution in [2.45, 2.75) is 50.6 Å². The predicted molar refractivity (Wildman–Crippen MR) is 118 cm³/mol. The van der Waals surface area contributed by atoms with Gasteiger partial charge in [0.2, 0.25) is 0 Å². The van der Waals surface area contributed by atoms with E-state index < -0.39 is 0 Å². The molecule has 30 heavy (non-hydrogen) atoms. The van der Waals surface area contributed by atoms with Crippen LogP contribution >= 0.6 is 11.6 Å². The van der Waals surface area contributed by atoms with E-state index in [-0.39, 0.29) is 23.9 Å². The first-order valence-corrected chi connectivity index (χ1v) is 10.7. The molecule has 0 spiro atoms. The molecule has 1 aliphatic carbocycles. The summed E-state index contributed by atoms with van der Waals surface area (Å²) >= 11 is 5.93. The summed E-state index contributed by atoms with van der Waals surface area (Å²) in [6.07, 6.45) is 5.49. The largest absolute Gasteiger partial charge is 0.335 e. The molecule has 1 aliphatic rings. The van der Waals surface area contributed by atoms with Gasteiger partial charge in [-0.3, -0.25) is 4.98 Å². The molecular weight excluding hydrogens is 401 g/mol. The summed E-state index contributed by atoms with van der Waals surface area (Å²) in [6, 6.07) is 14.1. The molecule has 1 saturated carbocycles. The van der Waals surface area contributed by atoms with Gasteiger partial charge in [0.05, 0.1) is 11.6 Å². The van der Waals surface area contributed by atoms with Crippen molar-refractivity contribution in [1.82, 2.24) is 15.6 Å². The van der Waals surface area contributed by atoms with Crippen LogP contribution in [0.2, 0.25) is 5.02 Å². The van der Waals surface area contributed by atoms with Crippen LogP contribution in [-0.4, -0.2) is 17.1 Å². The third-order valence-corrected chi connectivity index (χ3v) is 6.21. The van der Waals surface area contributed by atoms with Gasteiger partial charge in [-0.25, -0.2) is 9.18 Å². The standard InChI is InChI=1S/C24H25ClFN3O/c1-15(16-2-6-18(25)7-3-16)28-24(30)29-20-9-4-17(5-10-20)21-12-13-27-23-11-8-19(26)14-22(21)23/h2-3,6-8,11-15,17,20H,4-5,9-10H2,1H3,(H2,28,29,30)/t15-,17-,20+/m0/s1. The molecule has 0 bridgehead atoms. The minimum atomic E-state index is -0.237. The van der Waals surface area contributed by atoms with Gasteiger partial charge >= 0.3 is 6.03 Å². The first-order valence-electron chi connectivity index (χ1n) is 10.4. The Morgan fingerprint density at radius 2 is 1.83 bits per heavy atom. The molecule has 1 fully saturated rings. The van der Waals surface area contributed by atoms with Crippen LogP contribution in [0.1, 0.15) is 55.7 Å². The molecule has 2 aromatic carbocycles. The van der Waals surface area contributed by atoms with Gasteiger partial charge in [0, 0.05) is 22.6 Å². The van der Waals surface area contributed by atoms with Crippen molar-refractivity contribution in [2.75, 3.05) is 0 Å². The van der Waals surface area contributed by atoms with Gasteiger partial charge in [0.15, 0.2) is 0 Å². The van der Waals surface area contributed by atoms with E-state index in [0.717, 1.165) is 47.7 Å². The number of fused-ring (bicyclic) bond motifs is 1. The van der Waals surface area contributed by atoms with E-state index in [9.17, 15) is 9.18 Å². The van der Waals surface area contributed by atoms with Crippen LogP contribution in [0.5, 0.6) is 0 Å². The summed E-state index contributed by atoms with van der Waals surface area (Å²) in [5.74, 6) is 0.116. The first-order chi connectivity index (χ1) is 14.5. The molecule has 1 heterocycles. The highest BCUT2D eigenvalue weighted by Gasteiger charge is 2.25. The highest BCUT2D eigenvalue weighted by Crippen LogP contribution is 2.36. The monoisotopic (exact) mass is 425 g/mol. The number of nitrogens with zero attached hydrogens (tertiary/aromatic N) is 1. The summed E-state index contributed by atoms with van der Waals surface area (Å²) in [7, 11) is 0. The van der Waals surface area contributed by atoms with Crippen molar-refractivity contribution >= 4 is 28.5 Å². The molecule has 0 aliphatic heterocycles. The van der Waals surface area contributed by atoms with E-state index in [2.05, 4.69) is 15.6 Å². The molecule has 4 nitrogen and oxygen atoms in total. The summed E-state index contributed by atoms with van der Waals surface area (Å²) in [5, 5.41) is 7.66. The Balaban J connectivity index is 1.33. The number of benzene rings is 2. The summed E-state index contributed by atoms with van der Waals surface area (Å²) in [5.41, 5.74) is 2.98. The van der Waals surface area contributed by atoms with Crippen molar-refractivity contribution in [2.24, 2.45) is 0 Å². The molecule has 1 atom stereocenters. The maximum Gasteiger partial charge on any atom is 0.315 e. The third-order valence-electron chi connectivity index (χ3n) is 5.96. The second kappa shape index (κ2) is 9.00. The average molecular weight is 426 g/mol. The van der Waals surface area contributed by atoms with E-state index in [1.807, 2.05) is 37.3 Å². The number of rotatable bonds is 4. The van der Waals surface area contributed by atoms with Crippen LogP contribution in [0.4, 0.5) is 9.18 Å². The van der Waals surface area contributed by atoms with E-state index in [0.29, 0.717) is 10.9 Å². The Bertz CT molecular complexity index is 1030. The lowest BCUT2D eigenvalue weighted by Crippen LogP contribution is -2.44. The first kappa shape index (κ1) is 20.6. The van der Waals surface area contributed by atoms with Gasteiger partial charge in [-0.2, -0.15) is 0 Å². The Morgan fingerprint density at radius 1 is 1.10 bits per heavy atom. The molecular formula is C24H25ClFN3O. The maximum absolute atomic E-state index is 13.7. The lowest BCUT2D eigenvalue weighted by Gasteiger charge is -2.30. The second-order valence-electron chi connectivity index (χ2n) is 8.00. The number of urea groups is 1. The second-order valence-corrected chi connectivity index (χ2v) is 8.44. The summed E-state index contributed by atoms with van der Waals surface area (Å²) in [6.45, 7) is 1.95. The van der Waals surface area contributed by atoms with E-state index in [1.54, 1.807) is 18.3 Å². The van der Waals surface area contributed by atoms with Crippen LogP contribution < -0.4 is 10.6 Å². The van der Waals surface area contributed by atoms with Crippen molar-refractivity contribution in [1.29, 1.82) is 0 Å². The van der Waals surface area contributed by atoms with Gasteiger partial charge in [-0.1, -0.05) is 23.7 Å². The zero-order valence-corrected chi connectivity index (χ0v) is 17.6. The summed E-state index contributed by atoms with van der Waals surface area (Å²) < 4.78 is 13.7. The molecule has 2 amide bonds. The van der Waals surface area contributed by atoms with Gasteiger partial charge in [-0.15, -0.1) is 0 Å². The Kier molecular flexibility index (Phi) is 6.18. The number of carbonyl (C=O) groups excluding carboxylic acids is 1. The third kappa shape index (κ3) is 4.73. The average Bonchev–Trinajstić information content (AvgIpc) is 2.74. The molecule has 3 aromatic rings. The topological polar surface area (TPSA) is 54.0 Å². The Morgan fingerprint density at radius 3 is 2.57 bits per heavy atom. The number of hydrogen-bond acceptors (Lipinski definition) is 2. The molecule has 2 N–H and O–H groups in total. The fourth-order valence-electron chi connectivity index (χ4n) is 4.30. The molecule has 1 aromatic heterocycles. The zero-order chi connectivity index (χ0) is 21.1. The fraction of sp³-hybridized carbons (Fsp3) is 0.333. The predicted octanol–water partition coefficient (Wildman–Crippen LogP) is 6.11. The zero-order valence-electron chi connectivity index (χ0n) is 16.9. The van der Waals surface area contributed by atoms with Crippen LogP contribution in [0.15, 0.2) is 54.7 Å². The molecule has 156 valence electrons. The fourth-order valence-corrected chi connectivity index (χ4v) is 4.43. The number of amides is 2. The minimum absolute atomic E-state index is 0.100. The number of pyridine rings is 1. The molecule has 0 saturated heterocycles. The lowest BCUT2D eigenvalue weighted by atomic mass is 9.80. The van der Waals surface area contributed by atoms with Crippen LogP contribution in [0.25, 0.3) is 10.9 Å². The number of carbonyl (C=O) groups is 1. The molecule has 0 unspecified atom stereocenters. The quantitative estimate of drug-likeness (QED) is 0.529. The number of halogens is 2. The van der Waals surface area contributed by atoms with Crippen LogP contribution in [0, 0.1) is 5.82 Å². The SMILES string of the molecule is C[C@H](NC(=O)N[C@H]1CC[C@@H](c2ccnc3ccc(F)cc32)CC1)c1ccc(Cl)cc1. The van der Waals surface area contributed by atoms with Gasteiger partial charge in [0.1, 0.15) is 5.82 Å². The van der Waals surface area contributed by atoms with Crippen LogP contribution in [-0.2, 0) is 0 Å². The van der Waals surface area contributed by atoms with Gasteiger partial charge < -0.3 is 10.6 Å². The van der Waals surface area contributed by atoms with Gasteiger partial charge in [0.25, 0.3) is 0 Å². The van der Waals surface area contributed by atoms with Crippen molar-refractivity contribution in [3.8, 4) is 0 Å².